The quantitative estimate of drug-likeness (QED) is 0.847. The summed E-state index contributed by atoms with van der Waals surface area (Å²) in [6, 6.07) is 6.23. The molecule has 1 saturated heterocycles. The van der Waals surface area contributed by atoms with Crippen molar-refractivity contribution in [3.63, 3.8) is 0 Å². The predicted molar refractivity (Wildman–Crippen MR) is 81.4 cm³/mol. The number of methoxy groups -OCH3 is 1. The molecule has 2 rings (SSSR count). The minimum absolute atomic E-state index is 0.281. The first-order valence-corrected chi connectivity index (χ1v) is 7.33. The number of hydrogen-bond acceptors (Lipinski definition) is 3. The summed E-state index contributed by atoms with van der Waals surface area (Å²) in [6.45, 7) is 7.48. The number of carbonyl (C=O) groups is 1. The summed E-state index contributed by atoms with van der Waals surface area (Å²) in [7, 11) is 1.70. The topological polar surface area (TPSA) is 32.8 Å². The van der Waals surface area contributed by atoms with Crippen molar-refractivity contribution in [2.24, 2.45) is 0 Å². The fourth-order valence-electron chi connectivity index (χ4n) is 2.62. The Balaban J connectivity index is 2.03. The fourth-order valence-corrected chi connectivity index (χ4v) is 2.62. The second kappa shape index (κ2) is 6.64. The van der Waals surface area contributed by atoms with E-state index >= 15 is 0 Å². The number of carbonyl (C=O) groups excluding carboxylic acids is 1. The summed E-state index contributed by atoms with van der Waals surface area (Å²) in [5, 5.41) is 0. The standard InChI is InChI=1S/C16H24N2O2/c1-4-5-16(19)18-10-8-17(9-11-18)14-12-13(2)6-7-15(14)20-3/h6-7,12H,4-5,8-11H2,1-3H3. The Bertz CT molecular complexity index is 466. The van der Waals surface area contributed by atoms with E-state index in [9.17, 15) is 4.79 Å². The molecule has 1 heterocycles. The molecule has 0 aromatic heterocycles. The summed E-state index contributed by atoms with van der Waals surface area (Å²) in [5.41, 5.74) is 2.36. The smallest absolute Gasteiger partial charge is 0.222 e. The summed E-state index contributed by atoms with van der Waals surface area (Å²) < 4.78 is 5.44. The van der Waals surface area contributed by atoms with Gasteiger partial charge in [-0.15, -0.1) is 0 Å². The van der Waals surface area contributed by atoms with Gasteiger partial charge in [0, 0.05) is 32.6 Å². The number of aryl methyl sites for hydroxylation is 1. The highest BCUT2D eigenvalue weighted by atomic mass is 16.5. The fraction of sp³-hybridized carbons (Fsp3) is 0.562. The van der Waals surface area contributed by atoms with Gasteiger partial charge in [0.1, 0.15) is 5.75 Å². The Kier molecular flexibility index (Phi) is 4.88. The number of rotatable bonds is 4. The highest BCUT2D eigenvalue weighted by molar-refractivity contribution is 5.76. The lowest BCUT2D eigenvalue weighted by atomic mass is 10.1. The molecule has 4 nitrogen and oxygen atoms in total. The maximum absolute atomic E-state index is 11.9. The van der Waals surface area contributed by atoms with Crippen molar-refractivity contribution in [2.75, 3.05) is 38.2 Å². The zero-order valence-corrected chi connectivity index (χ0v) is 12.7. The number of piperazine rings is 1. The van der Waals surface area contributed by atoms with Crippen LogP contribution in [0.1, 0.15) is 25.3 Å². The maximum atomic E-state index is 11.9. The molecule has 4 heteroatoms. The van der Waals surface area contributed by atoms with Crippen molar-refractivity contribution in [2.45, 2.75) is 26.7 Å². The molecular weight excluding hydrogens is 252 g/mol. The molecule has 1 aromatic carbocycles. The molecule has 0 unspecified atom stereocenters. The molecule has 0 spiro atoms. The average Bonchev–Trinajstić information content (AvgIpc) is 2.47. The van der Waals surface area contributed by atoms with Crippen LogP contribution in [-0.2, 0) is 4.79 Å². The second-order valence-electron chi connectivity index (χ2n) is 5.29. The maximum Gasteiger partial charge on any atom is 0.222 e. The highest BCUT2D eigenvalue weighted by Crippen LogP contribution is 2.30. The molecule has 0 atom stereocenters. The van der Waals surface area contributed by atoms with Crippen molar-refractivity contribution in [1.29, 1.82) is 0 Å². The van der Waals surface area contributed by atoms with Crippen molar-refractivity contribution in [3.8, 4) is 5.75 Å². The van der Waals surface area contributed by atoms with Crippen LogP contribution < -0.4 is 9.64 Å². The van der Waals surface area contributed by atoms with Gasteiger partial charge in [0.15, 0.2) is 0 Å². The molecule has 0 radical (unpaired) electrons. The van der Waals surface area contributed by atoms with Crippen molar-refractivity contribution in [3.05, 3.63) is 23.8 Å². The van der Waals surface area contributed by atoms with Crippen LogP contribution in [0.3, 0.4) is 0 Å². The molecular formula is C16H24N2O2. The van der Waals surface area contributed by atoms with Crippen LogP contribution in [0.15, 0.2) is 18.2 Å². The third-order valence-corrected chi connectivity index (χ3v) is 3.77. The van der Waals surface area contributed by atoms with Gasteiger partial charge in [-0.3, -0.25) is 4.79 Å². The molecule has 1 aromatic rings. The first-order valence-electron chi connectivity index (χ1n) is 7.33. The number of nitrogens with zero attached hydrogens (tertiary/aromatic N) is 2. The van der Waals surface area contributed by atoms with E-state index < -0.39 is 0 Å². The first kappa shape index (κ1) is 14.7. The van der Waals surface area contributed by atoms with Gasteiger partial charge in [-0.05, 0) is 31.0 Å². The minimum atomic E-state index is 0.281. The van der Waals surface area contributed by atoms with Gasteiger partial charge in [-0.1, -0.05) is 13.0 Å². The Labute approximate surface area is 121 Å². The predicted octanol–water partition coefficient (Wildman–Crippen LogP) is 2.45. The summed E-state index contributed by atoms with van der Waals surface area (Å²) in [6.07, 6.45) is 1.58. The Morgan fingerprint density at radius 2 is 1.95 bits per heavy atom. The van der Waals surface area contributed by atoms with Gasteiger partial charge in [0.25, 0.3) is 0 Å². The molecule has 0 N–H and O–H groups in total. The molecule has 0 aliphatic carbocycles. The van der Waals surface area contributed by atoms with E-state index in [1.807, 2.05) is 17.9 Å². The number of benzene rings is 1. The molecule has 0 saturated carbocycles. The van der Waals surface area contributed by atoms with Crippen molar-refractivity contribution >= 4 is 11.6 Å². The van der Waals surface area contributed by atoms with Crippen LogP contribution in [0.5, 0.6) is 5.75 Å². The molecule has 0 bridgehead atoms. The SMILES string of the molecule is CCCC(=O)N1CCN(c2cc(C)ccc2OC)CC1. The minimum Gasteiger partial charge on any atom is -0.495 e. The largest absolute Gasteiger partial charge is 0.495 e. The summed E-state index contributed by atoms with van der Waals surface area (Å²) >= 11 is 0. The zero-order chi connectivity index (χ0) is 14.5. The van der Waals surface area contributed by atoms with Gasteiger partial charge in [-0.2, -0.15) is 0 Å². The second-order valence-corrected chi connectivity index (χ2v) is 5.29. The Morgan fingerprint density at radius 3 is 2.55 bits per heavy atom. The Hall–Kier alpha value is -1.71. The third kappa shape index (κ3) is 3.24. The number of ether oxygens (including phenoxy) is 1. The van der Waals surface area contributed by atoms with Gasteiger partial charge in [-0.25, -0.2) is 0 Å². The summed E-state index contributed by atoms with van der Waals surface area (Å²) in [4.78, 5) is 16.2. The van der Waals surface area contributed by atoms with Crippen LogP contribution >= 0.6 is 0 Å². The van der Waals surface area contributed by atoms with Crippen LogP contribution in [0.4, 0.5) is 5.69 Å². The van der Waals surface area contributed by atoms with Crippen molar-refractivity contribution in [1.82, 2.24) is 4.90 Å². The van der Waals surface area contributed by atoms with Crippen LogP contribution in [0.25, 0.3) is 0 Å². The van der Waals surface area contributed by atoms with E-state index in [0.717, 1.165) is 44.0 Å². The van der Waals surface area contributed by atoms with E-state index in [1.165, 1.54) is 5.56 Å². The van der Waals surface area contributed by atoms with Gasteiger partial charge in [0.05, 0.1) is 12.8 Å². The monoisotopic (exact) mass is 276 g/mol. The number of hydrogen-bond donors (Lipinski definition) is 0. The Morgan fingerprint density at radius 1 is 1.25 bits per heavy atom. The lowest BCUT2D eigenvalue weighted by Crippen LogP contribution is -2.48. The average molecular weight is 276 g/mol. The number of anilines is 1. The third-order valence-electron chi connectivity index (χ3n) is 3.77. The molecule has 1 amide bonds. The van der Waals surface area contributed by atoms with Crippen LogP contribution in [0, 0.1) is 6.92 Å². The lowest BCUT2D eigenvalue weighted by molar-refractivity contribution is -0.131. The molecule has 1 fully saturated rings. The van der Waals surface area contributed by atoms with Gasteiger partial charge < -0.3 is 14.5 Å². The number of amides is 1. The lowest BCUT2D eigenvalue weighted by Gasteiger charge is -2.36. The van der Waals surface area contributed by atoms with Gasteiger partial charge >= 0.3 is 0 Å². The van der Waals surface area contributed by atoms with E-state index in [0.29, 0.717) is 6.42 Å². The van der Waals surface area contributed by atoms with E-state index in [2.05, 4.69) is 24.0 Å². The molecule has 1 aliphatic heterocycles. The zero-order valence-electron chi connectivity index (χ0n) is 12.7. The molecule has 1 aliphatic rings. The van der Waals surface area contributed by atoms with Crippen LogP contribution in [-0.4, -0.2) is 44.1 Å². The van der Waals surface area contributed by atoms with Gasteiger partial charge in [0.2, 0.25) is 5.91 Å². The summed E-state index contributed by atoms with van der Waals surface area (Å²) in [5.74, 6) is 1.19. The molecule has 110 valence electrons. The van der Waals surface area contributed by atoms with E-state index in [4.69, 9.17) is 4.74 Å². The van der Waals surface area contributed by atoms with Crippen molar-refractivity contribution < 1.29 is 9.53 Å². The van der Waals surface area contributed by atoms with E-state index in [-0.39, 0.29) is 5.91 Å². The normalized spacial score (nSPS) is 15.3. The highest BCUT2D eigenvalue weighted by Gasteiger charge is 2.22. The molecule has 20 heavy (non-hydrogen) atoms. The first-order chi connectivity index (χ1) is 9.65. The van der Waals surface area contributed by atoms with E-state index in [1.54, 1.807) is 7.11 Å². The van der Waals surface area contributed by atoms with Crippen LogP contribution in [0.2, 0.25) is 0 Å².